The molecule has 1 heterocycles. The number of primary amides is 1. The summed E-state index contributed by atoms with van der Waals surface area (Å²) in [6, 6.07) is 8.70. The van der Waals surface area contributed by atoms with E-state index in [4.69, 9.17) is 5.73 Å². The van der Waals surface area contributed by atoms with E-state index in [2.05, 4.69) is 11.0 Å². The van der Waals surface area contributed by atoms with E-state index in [1.807, 2.05) is 18.2 Å². The summed E-state index contributed by atoms with van der Waals surface area (Å²) >= 11 is 0. The highest BCUT2D eigenvalue weighted by atomic mass is 16.1. The number of nitrogens with zero attached hydrogens (tertiary/aromatic N) is 1. The van der Waals surface area contributed by atoms with Gasteiger partial charge in [0.25, 0.3) is 0 Å². The van der Waals surface area contributed by atoms with Gasteiger partial charge < -0.3 is 5.73 Å². The maximum Gasteiger partial charge on any atom is 0.239 e. The van der Waals surface area contributed by atoms with Crippen LogP contribution in [0.2, 0.25) is 0 Å². The molecule has 1 aliphatic heterocycles. The van der Waals surface area contributed by atoms with Gasteiger partial charge in [-0.05, 0) is 42.4 Å². The fourth-order valence-corrected chi connectivity index (χ4v) is 2.71. The van der Waals surface area contributed by atoms with Crippen molar-refractivity contribution in [3.05, 3.63) is 35.4 Å². The van der Waals surface area contributed by atoms with Crippen LogP contribution in [0.5, 0.6) is 0 Å². The minimum atomic E-state index is -0.228. The van der Waals surface area contributed by atoms with Gasteiger partial charge in [0, 0.05) is 13.1 Å². The summed E-state index contributed by atoms with van der Waals surface area (Å²) in [7, 11) is 0. The van der Waals surface area contributed by atoms with Gasteiger partial charge in [-0.2, -0.15) is 0 Å². The number of hydrogen-bond donors (Lipinski definition) is 1. The number of benzene rings is 1. The smallest absolute Gasteiger partial charge is 0.239 e. The molecule has 0 spiro atoms. The number of hydrogen-bond acceptors (Lipinski definition) is 2. The molecule has 1 amide bonds. The Morgan fingerprint density at radius 2 is 2.35 bits per heavy atom. The zero-order chi connectivity index (χ0) is 11.8. The molecule has 1 radical (unpaired) electrons. The quantitative estimate of drug-likeness (QED) is 0.848. The molecule has 1 aromatic carbocycles. The molecule has 1 fully saturated rings. The SMILES string of the molecule is NC(=O)C1c2cc[c]cc2CCN1CC1CC1. The summed E-state index contributed by atoms with van der Waals surface area (Å²) < 4.78 is 0. The molecule has 3 rings (SSSR count). The second-order valence-corrected chi connectivity index (χ2v) is 5.12. The molecular formula is C14H17N2O. The van der Waals surface area contributed by atoms with E-state index in [1.165, 1.54) is 18.4 Å². The Morgan fingerprint density at radius 3 is 3.06 bits per heavy atom. The molecule has 1 unspecified atom stereocenters. The third kappa shape index (κ3) is 2.07. The lowest BCUT2D eigenvalue weighted by molar-refractivity contribution is -0.123. The number of fused-ring (bicyclic) bond motifs is 1. The van der Waals surface area contributed by atoms with Gasteiger partial charge >= 0.3 is 0 Å². The third-order valence-electron chi connectivity index (χ3n) is 3.77. The Morgan fingerprint density at radius 1 is 1.53 bits per heavy atom. The first kappa shape index (κ1) is 10.8. The predicted molar refractivity (Wildman–Crippen MR) is 65.2 cm³/mol. The molecule has 2 N–H and O–H groups in total. The summed E-state index contributed by atoms with van der Waals surface area (Å²) in [5.74, 6) is 0.562. The molecular weight excluding hydrogens is 212 g/mol. The molecule has 0 bridgehead atoms. The average Bonchev–Trinajstić information content (AvgIpc) is 3.12. The molecule has 3 heteroatoms. The van der Waals surface area contributed by atoms with E-state index in [1.54, 1.807) is 0 Å². The van der Waals surface area contributed by atoms with Gasteiger partial charge in [-0.3, -0.25) is 9.69 Å². The maximum atomic E-state index is 11.7. The molecule has 0 saturated heterocycles. The van der Waals surface area contributed by atoms with Crippen LogP contribution in [0, 0.1) is 12.0 Å². The molecule has 17 heavy (non-hydrogen) atoms. The largest absolute Gasteiger partial charge is 0.368 e. The van der Waals surface area contributed by atoms with Crippen molar-refractivity contribution < 1.29 is 4.79 Å². The number of carbonyl (C=O) groups is 1. The normalized spacial score (nSPS) is 24.4. The Balaban J connectivity index is 1.91. The lowest BCUT2D eigenvalue weighted by Crippen LogP contribution is -2.43. The van der Waals surface area contributed by atoms with Crippen molar-refractivity contribution in [3.8, 4) is 0 Å². The zero-order valence-electron chi connectivity index (χ0n) is 9.86. The van der Waals surface area contributed by atoms with E-state index in [0.29, 0.717) is 0 Å². The van der Waals surface area contributed by atoms with Crippen LogP contribution in [0.3, 0.4) is 0 Å². The minimum absolute atomic E-state index is 0.224. The Labute approximate surface area is 102 Å². The number of amides is 1. The molecule has 1 atom stereocenters. The highest BCUT2D eigenvalue weighted by molar-refractivity contribution is 5.82. The molecule has 89 valence electrons. The average molecular weight is 229 g/mol. The van der Waals surface area contributed by atoms with Crippen LogP contribution in [0.1, 0.15) is 30.0 Å². The van der Waals surface area contributed by atoms with Crippen LogP contribution in [0.4, 0.5) is 0 Å². The van der Waals surface area contributed by atoms with Crippen LogP contribution >= 0.6 is 0 Å². The molecule has 1 saturated carbocycles. The first-order valence-corrected chi connectivity index (χ1v) is 6.28. The highest BCUT2D eigenvalue weighted by Gasteiger charge is 2.34. The lowest BCUT2D eigenvalue weighted by Gasteiger charge is -2.35. The zero-order valence-corrected chi connectivity index (χ0v) is 9.86. The maximum absolute atomic E-state index is 11.7. The van der Waals surface area contributed by atoms with Gasteiger partial charge in [0.2, 0.25) is 5.91 Å². The minimum Gasteiger partial charge on any atom is -0.368 e. The van der Waals surface area contributed by atoms with E-state index >= 15 is 0 Å². The van der Waals surface area contributed by atoms with Crippen molar-refractivity contribution in [2.24, 2.45) is 11.7 Å². The monoisotopic (exact) mass is 229 g/mol. The van der Waals surface area contributed by atoms with Crippen molar-refractivity contribution in [1.82, 2.24) is 4.90 Å². The van der Waals surface area contributed by atoms with E-state index in [0.717, 1.165) is 31.0 Å². The van der Waals surface area contributed by atoms with Crippen molar-refractivity contribution in [3.63, 3.8) is 0 Å². The molecule has 0 aromatic heterocycles. The second kappa shape index (κ2) is 4.15. The fraction of sp³-hybridized carbons (Fsp3) is 0.500. The summed E-state index contributed by atoms with van der Waals surface area (Å²) in [4.78, 5) is 14.0. The van der Waals surface area contributed by atoms with Crippen molar-refractivity contribution in [2.45, 2.75) is 25.3 Å². The fourth-order valence-electron chi connectivity index (χ4n) is 2.71. The van der Waals surface area contributed by atoms with Crippen LogP contribution in [-0.4, -0.2) is 23.9 Å². The van der Waals surface area contributed by atoms with Gasteiger partial charge in [-0.1, -0.05) is 18.2 Å². The summed E-state index contributed by atoms with van der Waals surface area (Å²) in [6.07, 6.45) is 3.61. The Hall–Kier alpha value is -1.35. The van der Waals surface area contributed by atoms with Gasteiger partial charge in [-0.25, -0.2) is 0 Å². The molecule has 2 aliphatic rings. The van der Waals surface area contributed by atoms with E-state index < -0.39 is 0 Å². The van der Waals surface area contributed by atoms with Gasteiger partial charge in [0.1, 0.15) is 6.04 Å². The van der Waals surface area contributed by atoms with Crippen LogP contribution in [-0.2, 0) is 11.2 Å². The second-order valence-electron chi connectivity index (χ2n) is 5.12. The molecule has 3 nitrogen and oxygen atoms in total. The first-order valence-electron chi connectivity index (χ1n) is 6.28. The van der Waals surface area contributed by atoms with Crippen molar-refractivity contribution in [1.29, 1.82) is 0 Å². The van der Waals surface area contributed by atoms with E-state index in [-0.39, 0.29) is 11.9 Å². The summed E-state index contributed by atoms with van der Waals surface area (Å²) in [5, 5.41) is 0. The predicted octanol–water partition coefficient (Wildman–Crippen LogP) is 1.28. The number of rotatable bonds is 3. The summed E-state index contributed by atoms with van der Waals surface area (Å²) in [5.41, 5.74) is 7.89. The number of carbonyl (C=O) groups excluding carboxylic acids is 1. The van der Waals surface area contributed by atoms with Crippen LogP contribution in [0.25, 0.3) is 0 Å². The van der Waals surface area contributed by atoms with Crippen molar-refractivity contribution >= 4 is 5.91 Å². The number of nitrogens with two attached hydrogens (primary N) is 1. The highest BCUT2D eigenvalue weighted by Crippen LogP contribution is 2.35. The third-order valence-corrected chi connectivity index (χ3v) is 3.77. The standard InChI is InChI=1S/C14H17N2O/c15-14(17)13-12-4-2-1-3-11(12)7-8-16(13)9-10-5-6-10/h2-4,10,13H,5-9H2,(H2,15,17). The molecule has 1 aromatic rings. The lowest BCUT2D eigenvalue weighted by atomic mass is 9.92. The topological polar surface area (TPSA) is 46.3 Å². The Kier molecular flexibility index (Phi) is 2.63. The summed E-state index contributed by atoms with van der Waals surface area (Å²) in [6.45, 7) is 1.96. The van der Waals surface area contributed by atoms with E-state index in [9.17, 15) is 4.79 Å². The van der Waals surface area contributed by atoms with Crippen molar-refractivity contribution in [2.75, 3.05) is 13.1 Å². The van der Waals surface area contributed by atoms with Gasteiger partial charge in [0.05, 0.1) is 0 Å². The first-order chi connectivity index (χ1) is 8.25. The molecule has 1 aliphatic carbocycles. The van der Waals surface area contributed by atoms with Gasteiger partial charge in [-0.15, -0.1) is 0 Å². The van der Waals surface area contributed by atoms with Crippen LogP contribution < -0.4 is 5.73 Å². The van der Waals surface area contributed by atoms with Crippen LogP contribution in [0.15, 0.2) is 18.2 Å². The Bertz CT molecular complexity index is 440. The van der Waals surface area contributed by atoms with Gasteiger partial charge in [0.15, 0.2) is 0 Å².